The number of methoxy groups -OCH3 is 1. The molecule has 0 aromatic carbocycles. The van der Waals surface area contributed by atoms with Crippen molar-refractivity contribution in [1.29, 1.82) is 0 Å². The van der Waals surface area contributed by atoms with Gasteiger partial charge in [0, 0.05) is 20.2 Å². The van der Waals surface area contributed by atoms with Gasteiger partial charge in [-0.2, -0.15) is 0 Å². The van der Waals surface area contributed by atoms with Crippen molar-refractivity contribution >= 4 is 21.9 Å². The van der Waals surface area contributed by atoms with Crippen molar-refractivity contribution in [1.82, 2.24) is 9.62 Å². The van der Waals surface area contributed by atoms with Gasteiger partial charge in [-0.05, 0) is 26.7 Å². The van der Waals surface area contributed by atoms with Crippen LogP contribution in [0.2, 0.25) is 0 Å². The summed E-state index contributed by atoms with van der Waals surface area (Å²) < 4.78 is 30.2. The number of carbonyl (C=O) groups excluding carboxylic acids is 1. The summed E-state index contributed by atoms with van der Waals surface area (Å²) in [6.45, 7) is 3.80. The molecule has 2 atom stereocenters. The lowest BCUT2D eigenvalue weighted by molar-refractivity contribution is -0.140. The molecule has 1 heterocycles. The summed E-state index contributed by atoms with van der Waals surface area (Å²) in [6.07, 6.45) is 0.922. The maximum Gasteiger partial charge on any atom is 0.305 e. The van der Waals surface area contributed by atoms with E-state index in [1.54, 1.807) is 13.8 Å². The number of hydrogen-bond donors (Lipinski definition) is 2. The van der Waals surface area contributed by atoms with Gasteiger partial charge in [-0.15, -0.1) is 0 Å². The zero-order valence-corrected chi connectivity index (χ0v) is 14.7. The normalized spacial score (nSPS) is 22.3. The minimum atomic E-state index is -3.33. The fraction of sp³-hybridized carbons (Fsp3) is 0.857. The first-order chi connectivity index (χ1) is 10.6. The van der Waals surface area contributed by atoms with E-state index in [0.717, 1.165) is 0 Å². The summed E-state index contributed by atoms with van der Waals surface area (Å²) >= 11 is 0. The molecule has 2 unspecified atom stereocenters. The highest BCUT2D eigenvalue weighted by Gasteiger charge is 2.36. The van der Waals surface area contributed by atoms with E-state index in [1.165, 1.54) is 11.4 Å². The van der Waals surface area contributed by atoms with E-state index < -0.39 is 27.4 Å². The van der Waals surface area contributed by atoms with Crippen LogP contribution >= 0.6 is 0 Å². The monoisotopic (exact) mass is 350 g/mol. The standard InChI is InChI=1S/C14H26N2O6S/c1-4-23(20,21)16-7-5-6-11(9-16)13(19)15-14(2,10-22-3)8-12(17)18/h11H,4-10H2,1-3H3,(H,15,19)(H,17,18). The van der Waals surface area contributed by atoms with E-state index in [1.807, 2.05) is 0 Å². The molecule has 2 N–H and O–H groups in total. The van der Waals surface area contributed by atoms with Crippen LogP contribution in [0.25, 0.3) is 0 Å². The van der Waals surface area contributed by atoms with E-state index in [2.05, 4.69) is 5.32 Å². The third-order valence-corrected chi connectivity index (χ3v) is 5.79. The Morgan fingerprint density at radius 3 is 2.61 bits per heavy atom. The predicted molar refractivity (Wildman–Crippen MR) is 84.4 cm³/mol. The summed E-state index contributed by atoms with van der Waals surface area (Å²) in [5.74, 6) is -1.84. The molecule has 9 heteroatoms. The molecule has 23 heavy (non-hydrogen) atoms. The maximum atomic E-state index is 12.4. The first kappa shape index (κ1) is 19.9. The van der Waals surface area contributed by atoms with Crippen LogP contribution in [0.4, 0.5) is 0 Å². The Morgan fingerprint density at radius 2 is 2.09 bits per heavy atom. The molecular formula is C14H26N2O6S. The maximum absolute atomic E-state index is 12.4. The number of carboxylic acids is 1. The molecule has 0 radical (unpaired) electrons. The topological polar surface area (TPSA) is 113 Å². The van der Waals surface area contributed by atoms with Gasteiger partial charge in [-0.25, -0.2) is 12.7 Å². The second kappa shape index (κ2) is 8.07. The number of rotatable bonds is 8. The molecule has 1 fully saturated rings. The quantitative estimate of drug-likeness (QED) is 0.639. The number of ether oxygens (including phenoxy) is 1. The van der Waals surface area contributed by atoms with Gasteiger partial charge in [0.05, 0.1) is 30.2 Å². The Morgan fingerprint density at radius 1 is 1.43 bits per heavy atom. The first-order valence-electron chi connectivity index (χ1n) is 7.64. The van der Waals surface area contributed by atoms with Gasteiger partial charge in [0.2, 0.25) is 15.9 Å². The molecule has 1 amide bonds. The lowest BCUT2D eigenvalue weighted by atomic mass is 9.94. The van der Waals surface area contributed by atoms with E-state index in [0.29, 0.717) is 19.4 Å². The van der Waals surface area contributed by atoms with E-state index in [9.17, 15) is 18.0 Å². The summed E-state index contributed by atoms with van der Waals surface area (Å²) in [6, 6.07) is 0. The Bertz CT molecular complexity index is 535. The second-order valence-electron chi connectivity index (χ2n) is 6.15. The van der Waals surface area contributed by atoms with Gasteiger partial charge in [0.25, 0.3) is 0 Å². The van der Waals surface area contributed by atoms with Crippen molar-refractivity contribution in [3.63, 3.8) is 0 Å². The van der Waals surface area contributed by atoms with Crippen molar-refractivity contribution in [3.05, 3.63) is 0 Å². The molecule has 1 rings (SSSR count). The number of aliphatic carboxylic acids is 1. The number of nitrogens with one attached hydrogen (secondary N) is 1. The Labute approximate surface area is 137 Å². The van der Waals surface area contributed by atoms with Crippen molar-refractivity contribution in [3.8, 4) is 0 Å². The largest absolute Gasteiger partial charge is 0.481 e. The van der Waals surface area contributed by atoms with Crippen molar-refractivity contribution in [2.24, 2.45) is 5.92 Å². The third kappa shape index (κ3) is 5.74. The number of nitrogens with zero attached hydrogens (tertiary/aromatic N) is 1. The van der Waals surface area contributed by atoms with Gasteiger partial charge in [-0.1, -0.05) is 0 Å². The molecule has 1 saturated heterocycles. The van der Waals surface area contributed by atoms with Gasteiger partial charge in [0.15, 0.2) is 0 Å². The molecule has 134 valence electrons. The highest BCUT2D eigenvalue weighted by molar-refractivity contribution is 7.89. The second-order valence-corrected chi connectivity index (χ2v) is 8.41. The van der Waals surface area contributed by atoms with Gasteiger partial charge >= 0.3 is 5.97 Å². The van der Waals surface area contributed by atoms with Crippen LogP contribution in [0.1, 0.15) is 33.1 Å². The van der Waals surface area contributed by atoms with Crippen LogP contribution in [0.15, 0.2) is 0 Å². The molecule has 1 aliphatic heterocycles. The van der Waals surface area contributed by atoms with Crippen LogP contribution in [0, 0.1) is 5.92 Å². The minimum Gasteiger partial charge on any atom is -0.481 e. The molecule has 0 aromatic heterocycles. The predicted octanol–water partition coefficient (Wildman–Crippen LogP) is 0.0441. The first-order valence-corrected chi connectivity index (χ1v) is 9.25. The van der Waals surface area contributed by atoms with Crippen molar-refractivity contribution in [2.45, 2.75) is 38.6 Å². The molecular weight excluding hydrogens is 324 g/mol. The Balaban J connectivity index is 2.77. The number of sulfonamides is 1. The minimum absolute atomic E-state index is 0.00173. The summed E-state index contributed by atoms with van der Waals surface area (Å²) in [5, 5.41) is 11.7. The molecule has 1 aliphatic rings. The van der Waals surface area contributed by atoms with Gasteiger partial charge < -0.3 is 15.2 Å². The lowest BCUT2D eigenvalue weighted by Crippen LogP contribution is -2.55. The van der Waals surface area contributed by atoms with Crippen LogP contribution in [-0.2, 0) is 24.3 Å². The smallest absolute Gasteiger partial charge is 0.305 e. The molecule has 0 aromatic rings. The fourth-order valence-corrected chi connectivity index (χ4v) is 3.95. The molecule has 8 nitrogen and oxygen atoms in total. The Kier molecular flexibility index (Phi) is 6.97. The highest BCUT2D eigenvalue weighted by Crippen LogP contribution is 2.21. The third-order valence-electron chi connectivity index (χ3n) is 3.94. The molecule has 0 aliphatic carbocycles. The van der Waals surface area contributed by atoms with E-state index in [-0.39, 0.29) is 31.2 Å². The van der Waals surface area contributed by atoms with Crippen molar-refractivity contribution < 1.29 is 27.9 Å². The average Bonchev–Trinajstić information content (AvgIpc) is 2.46. The number of carboxylic acid groups (broad SMARTS) is 1. The molecule has 0 saturated carbocycles. The van der Waals surface area contributed by atoms with Crippen LogP contribution in [0.5, 0.6) is 0 Å². The van der Waals surface area contributed by atoms with Crippen molar-refractivity contribution in [2.75, 3.05) is 32.6 Å². The highest BCUT2D eigenvalue weighted by atomic mass is 32.2. The number of piperidine rings is 1. The van der Waals surface area contributed by atoms with Crippen LogP contribution in [0.3, 0.4) is 0 Å². The van der Waals surface area contributed by atoms with E-state index >= 15 is 0 Å². The fourth-order valence-electron chi connectivity index (χ4n) is 2.77. The lowest BCUT2D eigenvalue weighted by Gasteiger charge is -2.34. The number of hydrogen-bond acceptors (Lipinski definition) is 5. The van der Waals surface area contributed by atoms with Crippen LogP contribution < -0.4 is 5.32 Å². The zero-order chi connectivity index (χ0) is 17.7. The van der Waals surface area contributed by atoms with Gasteiger partial charge in [-0.3, -0.25) is 9.59 Å². The summed E-state index contributed by atoms with van der Waals surface area (Å²) in [7, 11) is -1.89. The van der Waals surface area contributed by atoms with Crippen LogP contribution in [-0.4, -0.2) is 67.8 Å². The number of carbonyl (C=O) groups is 2. The SMILES string of the molecule is CCS(=O)(=O)N1CCCC(C(=O)NC(C)(COC)CC(=O)O)C1. The van der Waals surface area contributed by atoms with E-state index in [4.69, 9.17) is 9.84 Å². The Hall–Kier alpha value is -1.19. The zero-order valence-electron chi connectivity index (χ0n) is 13.9. The summed E-state index contributed by atoms with van der Waals surface area (Å²) in [4.78, 5) is 23.4. The van der Waals surface area contributed by atoms with Gasteiger partial charge in [0.1, 0.15) is 0 Å². The molecule has 0 spiro atoms. The summed E-state index contributed by atoms with van der Waals surface area (Å²) in [5.41, 5.74) is -1.02. The number of amides is 1. The average molecular weight is 350 g/mol. The molecule has 0 bridgehead atoms.